The summed E-state index contributed by atoms with van der Waals surface area (Å²) in [6, 6.07) is 6.63. The molecule has 2 aromatic carbocycles. The van der Waals surface area contributed by atoms with Crippen molar-refractivity contribution in [1.82, 2.24) is 0 Å². The average Bonchev–Trinajstić information content (AvgIpc) is 2.16. The molecule has 0 amide bonds. The van der Waals surface area contributed by atoms with Crippen molar-refractivity contribution >= 4 is 20.6 Å². The first-order valence-corrected chi connectivity index (χ1v) is 6.40. The lowest BCUT2D eigenvalue weighted by molar-refractivity contribution is 0.476. The van der Waals surface area contributed by atoms with Gasteiger partial charge in [0, 0.05) is 11.6 Å². The van der Waals surface area contributed by atoms with Gasteiger partial charge in [0.1, 0.15) is 16.5 Å². The third-order valence-corrected chi connectivity index (χ3v) is 3.43. The van der Waals surface area contributed by atoms with Crippen molar-refractivity contribution in [2.24, 2.45) is 0 Å². The minimum atomic E-state index is -3.63. The lowest BCUT2D eigenvalue weighted by atomic mass is 10.1. The second-order valence-electron chi connectivity index (χ2n) is 3.55. The number of hydrogen-bond donors (Lipinski definition) is 1. The molecule has 0 aromatic heterocycles. The highest BCUT2D eigenvalue weighted by atomic mass is 32.2. The number of phenols is 1. The van der Waals surface area contributed by atoms with E-state index in [0.29, 0.717) is 5.39 Å². The molecular weight excluding hydrogens is 231 g/mol. The third kappa shape index (κ3) is 1.74. The van der Waals surface area contributed by atoms with E-state index in [4.69, 9.17) is 0 Å². The van der Waals surface area contributed by atoms with Gasteiger partial charge in [0.25, 0.3) is 0 Å². The summed E-state index contributed by atoms with van der Waals surface area (Å²) in [6.45, 7) is 0. The molecule has 0 heterocycles. The van der Waals surface area contributed by atoms with E-state index >= 15 is 0 Å². The first kappa shape index (κ1) is 10.9. The molecule has 1 N–H and O–H groups in total. The highest BCUT2D eigenvalue weighted by molar-refractivity contribution is 7.91. The van der Waals surface area contributed by atoms with E-state index in [-0.39, 0.29) is 16.0 Å². The molecule has 0 unspecified atom stereocenters. The van der Waals surface area contributed by atoms with Gasteiger partial charge in [0.05, 0.1) is 0 Å². The van der Waals surface area contributed by atoms with Gasteiger partial charge in [-0.25, -0.2) is 12.8 Å². The van der Waals surface area contributed by atoms with Crippen LogP contribution >= 0.6 is 0 Å². The van der Waals surface area contributed by atoms with Crippen molar-refractivity contribution in [3.63, 3.8) is 0 Å². The number of aromatic hydroxyl groups is 1. The normalized spacial score (nSPS) is 11.9. The number of sulfone groups is 1. The summed E-state index contributed by atoms with van der Waals surface area (Å²) in [6.07, 6.45) is 0.956. The van der Waals surface area contributed by atoms with Gasteiger partial charge in [0.2, 0.25) is 0 Å². The Morgan fingerprint density at radius 2 is 1.88 bits per heavy atom. The predicted molar refractivity (Wildman–Crippen MR) is 58.7 cm³/mol. The topological polar surface area (TPSA) is 54.4 Å². The second-order valence-corrected chi connectivity index (χ2v) is 5.51. The zero-order valence-electron chi connectivity index (χ0n) is 8.44. The number of fused-ring (bicyclic) bond motifs is 1. The van der Waals surface area contributed by atoms with Gasteiger partial charge in [-0.3, -0.25) is 0 Å². The van der Waals surface area contributed by atoms with Crippen molar-refractivity contribution in [2.75, 3.05) is 6.26 Å². The molecule has 0 aliphatic carbocycles. The molecule has 0 saturated heterocycles. The molecule has 0 aliphatic rings. The van der Waals surface area contributed by atoms with Crippen LogP contribution in [0.15, 0.2) is 35.2 Å². The molecule has 0 atom stereocenters. The van der Waals surface area contributed by atoms with Crippen LogP contribution in [0.1, 0.15) is 0 Å². The van der Waals surface area contributed by atoms with Crippen LogP contribution < -0.4 is 0 Å². The van der Waals surface area contributed by atoms with Gasteiger partial charge in [-0.1, -0.05) is 6.07 Å². The molecule has 0 saturated carbocycles. The van der Waals surface area contributed by atoms with E-state index in [0.717, 1.165) is 12.3 Å². The summed E-state index contributed by atoms with van der Waals surface area (Å²) in [5, 5.41) is 10.0. The summed E-state index contributed by atoms with van der Waals surface area (Å²) < 4.78 is 36.4. The van der Waals surface area contributed by atoms with Crippen molar-refractivity contribution in [3.05, 3.63) is 36.1 Å². The fraction of sp³-hybridized carbons (Fsp3) is 0.0909. The summed E-state index contributed by atoms with van der Waals surface area (Å²) in [4.78, 5) is -0.329. The first-order valence-electron chi connectivity index (χ1n) is 4.51. The largest absolute Gasteiger partial charge is 0.508 e. The van der Waals surface area contributed by atoms with Gasteiger partial charge in [-0.2, -0.15) is 0 Å². The number of hydrogen-bond acceptors (Lipinski definition) is 3. The monoisotopic (exact) mass is 240 g/mol. The third-order valence-electron chi connectivity index (χ3n) is 2.28. The molecule has 16 heavy (non-hydrogen) atoms. The number of phenolic OH excluding ortho intramolecular Hbond substituents is 1. The quantitative estimate of drug-likeness (QED) is 0.830. The van der Waals surface area contributed by atoms with Crippen molar-refractivity contribution in [3.8, 4) is 5.75 Å². The maximum absolute atomic E-state index is 13.5. The number of halogens is 1. The predicted octanol–water partition coefficient (Wildman–Crippen LogP) is 2.09. The fourth-order valence-electron chi connectivity index (χ4n) is 1.64. The molecule has 2 rings (SSSR count). The molecular formula is C11H9FO3S. The van der Waals surface area contributed by atoms with Crippen molar-refractivity contribution < 1.29 is 17.9 Å². The zero-order valence-corrected chi connectivity index (χ0v) is 9.25. The Balaban J connectivity index is 2.97. The van der Waals surface area contributed by atoms with Gasteiger partial charge < -0.3 is 5.11 Å². The van der Waals surface area contributed by atoms with Crippen LogP contribution in [0.3, 0.4) is 0 Å². The molecule has 84 valence electrons. The zero-order chi connectivity index (χ0) is 11.9. The van der Waals surface area contributed by atoms with E-state index in [9.17, 15) is 17.9 Å². The molecule has 5 heteroatoms. The van der Waals surface area contributed by atoms with Crippen LogP contribution in [0.25, 0.3) is 10.8 Å². The van der Waals surface area contributed by atoms with Crippen molar-refractivity contribution in [2.45, 2.75) is 4.90 Å². The van der Waals surface area contributed by atoms with E-state index < -0.39 is 15.7 Å². The first-order chi connectivity index (χ1) is 7.39. The summed E-state index contributed by atoms with van der Waals surface area (Å²) in [7, 11) is -3.63. The van der Waals surface area contributed by atoms with E-state index in [1.807, 2.05) is 0 Å². The van der Waals surface area contributed by atoms with Gasteiger partial charge in [0.15, 0.2) is 9.84 Å². The number of rotatable bonds is 1. The van der Waals surface area contributed by atoms with Gasteiger partial charge >= 0.3 is 0 Å². The van der Waals surface area contributed by atoms with Crippen LogP contribution in [-0.2, 0) is 9.84 Å². The molecule has 3 nitrogen and oxygen atoms in total. The Morgan fingerprint density at radius 3 is 2.50 bits per heavy atom. The Kier molecular flexibility index (Phi) is 2.35. The standard InChI is InChI=1S/C11H9FO3S/c1-16(14,15)11-9-4-3-8(13)6-7(9)2-5-10(11)12/h2-6,13H,1H3. The highest BCUT2D eigenvalue weighted by Crippen LogP contribution is 2.28. The summed E-state index contributed by atoms with van der Waals surface area (Å²) in [5.41, 5.74) is 0. The van der Waals surface area contributed by atoms with E-state index in [2.05, 4.69) is 0 Å². The Labute approximate surface area is 92.1 Å². The van der Waals surface area contributed by atoms with Crippen LogP contribution in [0.4, 0.5) is 4.39 Å². The average molecular weight is 240 g/mol. The van der Waals surface area contributed by atoms with Crippen LogP contribution in [-0.4, -0.2) is 19.8 Å². The molecule has 0 bridgehead atoms. The molecule has 0 spiro atoms. The van der Waals surface area contributed by atoms with Gasteiger partial charge in [-0.15, -0.1) is 0 Å². The lowest BCUT2D eigenvalue weighted by Crippen LogP contribution is -2.01. The Bertz CT molecular complexity index is 662. The Hall–Kier alpha value is -1.62. The van der Waals surface area contributed by atoms with E-state index in [1.165, 1.54) is 24.3 Å². The molecule has 0 radical (unpaired) electrons. The SMILES string of the molecule is CS(=O)(=O)c1c(F)ccc2cc(O)ccc12. The summed E-state index contributed by atoms with van der Waals surface area (Å²) >= 11 is 0. The fourth-order valence-corrected chi connectivity index (χ4v) is 2.65. The second kappa shape index (κ2) is 3.45. The smallest absolute Gasteiger partial charge is 0.179 e. The maximum atomic E-state index is 13.5. The van der Waals surface area contributed by atoms with Gasteiger partial charge in [-0.05, 0) is 29.7 Å². The Morgan fingerprint density at radius 1 is 1.19 bits per heavy atom. The van der Waals surface area contributed by atoms with E-state index in [1.54, 1.807) is 0 Å². The number of benzene rings is 2. The molecule has 0 fully saturated rings. The van der Waals surface area contributed by atoms with Crippen LogP contribution in [0.5, 0.6) is 5.75 Å². The molecule has 0 aliphatic heterocycles. The minimum Gasteiger partial charge on any atom is -0.508 e. The lowest BCUT2D eigenvalue weighted by Gasteiger charge is -2.06. The van der Waals surface area contributed by atoms with Crippen molar-refractivity contribution in [1.29, 1.82) is 0 Å². The van der Waals surface area contributed by atoms with Crippen LogP contribution in [0.2, 0.25) is 0 Å². The summed E-state index contributed by atoms with van der Waals surface area (Å²) in [5.74, 6) is -0.765. The van der Waals surface area contributed by atoms with Crippen LogP contribution in [0, 0.1) is 5.82 Å². The highest BCUT2D eigenvalue weighted by Gasteiger charge is 2.17. The molecule has 2 aromatic rings. The minimum absolute atomic E-state index is 0.0126. The maximum Gasteiger partial charge on any atom is 0.179 e.